The molecule has 2 atom stereocenters. The van der Waals surface area contributed by atoms with Crippen molar-refractivity contribution in [3.63, 3.8) is 0 Å². The van der Waals surface area contributed by atoms with Crippen LogP contribution in [0.25, 0.3) is 0 Å². The fourth-order valence-corrected chi connectivity index (χ4v) is 2.19. The normalized spacial score (nSPS) is 18.4. The van der Waals surface area contributed by atoms with Crippen molar-refractivity contribution in [2.45, 2.75) is 31.8 Å². The highest BCUT2D eigenvalue weighted by atomic mass is 16.5. The summed E-state index contributed by atoms with van der Waals surface area (Å²) in [7, 11) is 0. The number of hydrogen-bond acceptors (Lipinski definition) is 3. The SMILES string of the molecule is CC[C@@H](NC(=O)NC1CCOc2ccccc21)C(=O)O. The number of ether oxygens (including phenoxy) is 1. The van der Waals surface area contributed by atoms with Gasteiger partial charge in [0.15, 0.2) is 0 Å². The van der Waals surface area contributed by atoms with Crippen LogP contribution >= 0.6 is 0 Å². The maximum atomic E-state index is 11.9. The highest BCUT2D eigenvalue weighted by molar-refractivity contribution is 5.82. The Morgan fingerprint density at radius 1 is 1.45 bits per heavy atom. The smallest absolute Gasteiger partial charge is 0.326 e. The number of nitrogens with one attached hydrogen (secondary N) is 2. The van der Waals surface area contributed by atoms with Crippen molar-refractivity contribution in [1.29, 1.82) is 0 Å². The Morgan fingerprint density at radius 3 is 2.90 bits per heavy atom. The number of urea groups is 1. The third kappa shape index (κ3) is 3.20. The fraction of sp³-hybridized carbons (Fsp3) is 0.429. The van der Waals surface area contributed by atoms with Gasteiger partial charge in [-0.1, -0.05) is 25.1 Å². The Morgan fingerprint density at radius 2 is 2.20 bits per heavy atom. The van der Waals surface area contributed by atoms with Gasteiger partial charge < -0.3 is 20.5 Å². The second kappa shape index (κ2) is 6.27. The molecule has 6 nitrogen and oxygen atoms in total. The van der Waals surface area contributed by atoms with E-state index in [9.17, 15) is 9.59 Å². The van der Waals surface area contributed by atoms with Gasteiger partial charge in [-0.2, -0.15) is 0 Å². The third-order valence-electron chi connectivity index (χ3n) is 3.28. The van der Waals surface area contributed by atoms with E-state index in [1.165, 1.54) is 0 Å². The van der Waals surface area contributed by atoms with E-state index in [0.717, 1.165) is 11.3 Å². The molecule has 2 amide bonds. The van der Waals surface area contributed by atoms with Crippen LogP contribution in [0.1, 0.15) is 31.4 Å². The summed E-state index contributed by atoms with van der Waals surface area (Å²) in [6.45, 7) is 2.24. The number of hydrogen-bond donors (Lipinski definition) is 3. The number of para-hydroxylation sites is 1. The predicted octanol–water partition coefficient (Wildman–Crippen LogP) is 1.67. The van der Waals surface area contributed by atoms with E-state index in [2.05, 4.69) is 10.6 Å². The molecule has 0 saturated carbocycles. The number of carboxylic acid groups (broad SMARTS) is 1. The zero-order chi connectivity index (χ0) is 14.5. The van der Waals surface area contributed by atoms with E-state index in [1.54, 1.807) is 6.92 Å². The van der Waals surface area contributed by atoms with Gasteiger partial charge in [-0.3, -0.25) is 0 Å². The summed E-state index contributed by atoms with van der Waals surface area (Å²) in [5, 5.41) is 14.2. The predicted molar refractivity (Wildman–Crippen MR) is 72.7 cm³/mol. The first-order valence-electron chi connectivity index (χ1n) is 6.63. The summed E-state index contributed by atoms with van der Waals surface area (Å²) in [5.41, 5.74) is 0.914. The van der Waals surface area contributed by atoms with Crippen molar-refractivity contribution >= 4 is 12.0 Å². The van der Waals surface area contributed by atoms with Crippen molar-refractivity contribution in [1.82, 2.24) is 10.6 Å². The van der Waals surface area contributed by atoms with Crippen LogP contribution in [-0.2, 0) is 4.79 Å². The van der Waals surface area contributed by atoms with Crippen molar-refractivity contribution in [2.24, 2.45) is 0 Å². The Bertz CT molecular complexity index is 504. The third-order valence-corrected chi connectivity index (χ3v) is 3.28. The van der Waals surface area contributed by atoms with Crippen LogP contribution in [0, 0.1) is 0 Å². The summed E-state index contributed by atoms with van der Waals surface area (Å²) < 4.78 is 5.51. The van der Waals surface area contributed by atoms with Crippen LogP contribution in [0.3, 0.4) is 0 Å². The minimum Gasteiger partial charge on any atom is -0.493 e. The van der Waals surface area contributed by atoms with Gasteiger partial charge in [-0.25, -0.2) is 9.59 Å². The number of fused-ring (bicyclic) bond motifs is 1. The Labute approximate surface area is 117 Å². The number of benzene rings is 1. The van der Waals surface area contributed by atoms with Crippen LogP contribution < -0.4 is 15.4 Å². The number of rotatable bonds is 4. The highest BCUT2D eigenvalue weighted by Gasteiger charge is 2.24. The molecule has 2 rings (SSSR count). The standard InChI is InChI=1S/C14H18N2O4/c1-2-10(13(17)18)15-14(19)16-11-7-8-20-12-6-4-3-5-9(11)12/h3-6,10-11H,2,7-8H2,1H3,(H,17,18)(H2,15,16,19)/t10-,11?/m1/s1. The van der Waals surface area contributed by atoms with Gasteiger partial charge in [-0.15, -0.1) is 0 Å². The summed E-state index contributed by atoms with van der Waals surface area (Å²) in [5.74, 6) is -0.274. The van der Waals surface area contributed by atoms with E-state index >= 15 is 0 Å². The van der Waals surface area contributed by atoms with Gasteiger partial charge in [0, 0.05) is 12.0 Å². The Kier molecular flexibility index (Phi) is 4.45. The number of carbonyl (C=O) groups excluding carboxylic acids is 1. The molecule has 20 heavy (non-hydrogen) atoms. The molecular formula is C14H18N2O4. The first kappa shape index (κ1) is 14.2. The van der Waals surface area contributed by atoms with Gasteiger partial charge in [0.25, 0.3) is 0 Å². The molecule has 3 N–H and O–H groups in total. The highest BCUT2D eigenvalue weighted by Crippen LogP contribution is 2.31. The Hall–Kier alpha value is -2.24. The molecule has 1 aromatic carbocycles. The van der Waals surface area contributed by atoms with E-state index in [1.807, 2.05) is 24.3 Å². The van der Waals surface area contributed by atoms with E-state index in [0.29, 0.717) is 19.4 Å². The molecule has 0 bridgehead atoms. The molecule has 0 radical (unpaired) electrons. The molecule has 1 aliphatic rings. The van der Waals surface area contributed by atoms with Gasteiger partial charge >= 0.3 is 12.0 Å². The summed E-state index contributed by atoms with van der Waals surface area (Å²) in [4.78, 5) is 22.8. The van der Waals surface area contributed by atoms with Crippen LogP contribution in [0.2, 0.25) is 0 Å². The monoisotopic (exact) mass is 278 g/mol. The first-order valence-corrected chi connectivity index (χ1v) is 6.63. The second-order valence-electron chi connectivity index (χ2n) is 4.64. The molecule has 0 aliphatic carbocycles. The molecule has 108 valence electrons. The summed E-state index contributed by atoms with van der Waals surface area (Å²) >= 11 is 0. The molecule has 1 aromatic rings. The molecule has 1 aliphatic heterocycles. The molecule has 1 unspecified atom stereocenters. The molecule has 6 heteroatoms. The van der Waals surface area contributed by atoms with E-state index in [4.69, 9.17) is 9.84 Å². The summed E-state index contributed by atoms with van der Waals surface area (Å²) in [6.07, 6.45) is 1.00. The van der Waals surface area contributed by atoms with E-state index in [-0.39, 0.29) is 6.04 Å². The fourth-order valence-electron chi connectivity index (χ4n) is 2.19. The number of carboxylic acids is 1. The average molecular weight is 278 g/mol. The lowest BCUT2D eigenvalue weighted by atomic mass is 10.0. The lowest BCUT2D eigenvalue weighted by molar-refractivity contribution is -0.139. The molecule has 0 spiro atoms. The topological polar surface area (TPSA) is 87.7 Å². The number of aliphatic carboxylic acids is 1. The van der Waals surface area contributed by atoms with Crippen molar-refractivity contribution < 1.29 is 19.4 Å². The lowest BCUT2D eigenvalue weighted by Gasteiger charge is -2.27. The van der Waals surface area contributed by atoms with Gasteiger partial charge in [0.2, 0.25) is 0 Å². The van der Waals surface area contributed by atoms with E-state index < -0.39 is 18.0 Å². The summed E-state index contributed by atoms with van der Waals surface area (Å²) in [6, 6.07) is 6.00. The number of amides is 2. The molecule has 1 heterocycles. The van der Waals surface area contributed by atoms with Gasteiger partial charge in [0.05, 0.1) is 12.6 Å². The van der Waals surface area contributed by atoms with Gasteiger partial charge in [-0.05, 0) is 12.5 Å². The van der Waals surface area contributed by atoms with Crippen molar-refractivity contribution in [3.8, 4) is 5.75 Å². The van der Waals surface area contributed by atoms with Crippen LogP contribution in [0.4, 0.5) is 4.79 Å². The van der Waals surface area contributed by atoms with Crippen LogP contribution in [0.15, 0.2) is 24.3 Å². The van der Waals surface area contributed by atoms with Crippen molar-refractivity contribution in [2.75, 3.05) is 6.61 Å². The van der Waals surface area contributed by atoms with Crippen LogP contribution in [0.5, 0.6) is 5.75 Å². The Balaban J connectivity index is 2.01. The maximum Gasteiger partial charge on any atom is 0.326 e. The molecular weight excluding hydrogens is 260 g/mol. The first-order chi connectivity index (χ1) is 9.61. The zero-order valence-electron chi connectivity index (χ0n) is 11.3. The van der Waals surface area contributed by atoms with Crippen LogP contribution in [-0.4, -0.2) is 29.8 Å². The second-order valence-corrected chi connectivity index (χ2v) is 4.64. The maximum absolute atomic E-state index is 11.9. The zero-order valence-corrected chi connectivity index (χ0v) is 11.3. The average Bonchev–Trinajstić information content (AvgIpc) is 2.45. The van der Waals surface area contributed by atoms with Gasteiger partial charge in [0.1, 0.15) is 11.8 Å². The minimum atomic E-state index is -1.03. The largest absolute Gasteiger partial charge is 0.493 e. The molecule has 0 aromatic heterocycles. The molecule has 0 fully saturated rings. The van der Waals surface area contributed by atoms with Crippen molar-refractivity contribution in [3.05, 3.63) is 29.8 Å². The minimum absolute atomic E-state index is 0.161. The quantitative estimate of drug-likeness (QED) is 0.781. The number of carbonyl (C=O) groups is 2. The molecule has 0 saturated heterocycles. The lowest BCUT2D eigenvalue weighted by Crippen LogP contribution is -2.47.